The molecule has 0 fully saturated rings. The molecule has 49 valence electrons. The molecule has 2 heteroatoms. The first-order valence-electron chi connectivity index (χ1n) is 2.91. The van der Waals surface area contributed by atoms with Crippen LogP contribution in [0.2, 0.25) is 0 Å². The molecule has 0 bridgehead atoms. The van der Waals surface area contributed by atoms with E-state index in [4.69, 9.17) is 4.42 Å². The second-order valence-electron chi connectivity index (χ2n) is 1.99. The maximum Gasteiger partial charge on any atom is 0.170 e. The highest BCUT2D eigenvalue weighted by Gasteiger charge is 2.00. The molecule has 1 aromatic heterocycles. The van der Waals surface area contributed by atoms with Crippen LogP contribution in [0.1, 0.15) is 0 Å². The van der Waals surface area contributed by atoms with Crippen LogP contribution in [0.5, 0.6) is 0 Å². The van der Waals surface area contributed by atoms with Gasteiger partial charge in [0, 0.05) is 5.39 Å². The summed E-state index contributed by atoms with van der Waals surface area (Å²) in [5, 5.41) is 0.681. The standard InChI is InChI=1S/C8H4FO/c9-7-3-1-2-6-4-5-10-8(6)7/h1,3-5H. The topological polar surface area (TPSA) is 13.1 Å². The van der Waals surface area contributed by atoms with Gasteiger partial charge in [0.1, 0.15) is 0 Å². The summed E-state index contributed by atoms with van der Waals surface area (Å²) in [6.45, 7) is 0. The first kappa shape index (κ1) is 5.47. The van der Waals surface area contributed by atoms with Crippen LogP contribution in [0.4, 0.5) is 4.39 Å². The predicted molar refractivity (Wildman–Crippen MR) is 35.0 cm³/mol. The number of fused-ring (bicyclic) bond motifs is 1. The van der Waals surface area contributed by atoms with Crippen molar-refractivity contribution in [2.45, 2.75) is 0 Å². The maximum atomic E-state index is 12.7. The van der Waals surface area contributed by atoms with Crippen molar-refractivity contribution in [2.75, 3.05) is 0 Å². The third-order valence-electron chi connectivity index (χ3n) is 1.35. The fraction of sp³-hybridized carbons (Fsp3) is 0. The van der Waals surface area contributed by atoms with Crippen molar-refractivity contribution in [2.24, 2.45) is 0 Å². The van der Waals surface area contributed by atoms with E-state index in [1.165, 1.54) is 18.4 Å². The van der Waals surface area contributed by atoms with Crippen molar-refractivity contribution in [1.82, 2.24) is 0 Å². The molecule has 0 spiro atoms. The summed E-state index contributed by atoms with van der Waals surface area (Å²) in [6, 6.07) is 7.38. The zero-order valence-corrected chi connectivity index (χ0v) is 5.10. The van der Waals surface area contributed by atoms with Crippen LogP contribution in [0.25, 0.3) is 11.0 Å². The molecular weight excluding hydrogens is 131 g/mol. The predicted octanol–water partition coefficient (Wildman–Crippen LogP) is 2.37. The van der Waals surface area contributed by atoms with Gasteiger partial charge in [-0.1, -0.05) is 6.07 Å². The van der Waals surface area contributed by atoms with Gasteiger partial charge < -0.3 is 4.42 Å². The van der Waals surface area contributed by atoms with Crippen LogP contribution in [0, 0.1) is 11.9 Å². The fourth-order valence-electron chi connectivity index (χ4n) is 0.888. The molecule has 0 unspecified atom stereocenters. The molecule has 0 aliphatic carbocycles. The van der Waals surface area contributed by atoms with Crippen molar-refractivity contribution >= 4 is 11.0 Å². The summed E-state index contributed by atoms with van der Waals surface area (Å²) in [7, 11) is 0. The average Bonchev–Trinajstić information content (AvgIpc) is 2.36. The van der Waals surface area contributed by atoms with Gasteiger partial charge in [-0.25, -0.2) is 4.39 Å². The molecule has 1 nitrogen and oxygen atoms in total. The van der Waals surface area contributed by atoms with Gasteiger partial charge in [0.15, 0.2) is 11.4 Å². The Hall–Kier alpha value is -1.31. The average molecular weight is 135 g/mol. The van der Waals surface area contributed by atoms with Gasteiger partial charge in [-0.3, -0.25) is 0 Å². The number of furan rings is 1. The third kappa shape index (κ3) is 0.620. The molecule has 0 saturated heterocycles. The quantitative estimate of drug-likeness (QED) is 0.540. The number of halogens is 1. The first-order valence-corrected chi connectivity index (χ1v) is 2.91. The summed E-state index contributed by atoms with van der Waals surface area (Å²) in [4.78, 5) is 0. The monoisotopic (exact) mass is 135 g/mol. The number of rotatable bonds is 0. The molecule has 1 heterocycles. The number of hydrogen-bond donors (Lipinski definition) is 0. The lowest BCUT2D eigenvalue weighted by Crippen LogP contribution is -1.71. The van der Waals surface area contributed by atoms with E-state index < -0.39 is 0 Å². The highest BCUT2D eigenvalue weighted by molar-refractivity contribution is 5.76. The smallest absolute Gasteiger partial charge is 0.170 e. The Morgan fingerprint density at radius 2 is 2.30 bits per heavy atom. The van der Waals surface area contributed by atoms with Crippen molar-refractivity contribution in [3.05, 3.63) is 36.3 Å². The van der Waals surface area contributed by atoms with E-state index in [0.717, 1.165) is 0 Å². The minimum Gasteiger partial charge on any atom is -0.461 e. The minimum atomic E-state index is -0.334. The highest BCUT2D eigenvalue weighted by atomic mass is 19.1. The molecule has 0 aliphatic heterocycles. The van der Waals surface area contributed by atoms with Crippen molar-refractivity contribution < 1.29 is 8.81 Å². The van der Waals surface area contributed by atoms with E-state index >= 15 is 0 Å². The Morgan fingerprint density at radius 1 is 1.40 bits per heavy atom. The lowest BCUT2D eigenvalue weighted by atomic mass is 10.2. The molecule has 1 radical (unpaired) electrons. The minimum absolute atomic E-state index is 0.280. The van der Waals surface area contributed by atoms with Gasteiger partial charge in [0.05, 0.1) is 6.26 Å². The van der Waals surface area contributed by atoms with Crippen LogP contribution >= 0.6 is 0 Å². The van der Waals surface area contributed by atoms with Gasteiger partial charge in [0.25, 0.3) is 0 Å². The number of benzene rings is 1. The van der Waals surface area contributed by atoms with Gasteiger partial charge in [-0.2, -0.15) is 0 Å². The Bertz CT molecular complexity index is 351. The second kappa shape index (κ2) is 1.84. The lowest BCUT2D eigenvalue weighted by molar-refractivity contribution is 0.560. The van der Waals surface area contributed by atoms with E-state index in [0.29, 0.717) is 5.39 Å². The molecule has 0 amide bonds. The molecule has 0 aliphatic rings. The van der Waals surface area contributed by atoms with Crippen LogP contribution in [-0.4, -0.2) is 0 Å². The van der Waals surface area contributed by atoms with Crippen molar-refractivity contribution in [3.8, 4) is 0 Å². The summed E-state index contributed by atoms with van der Waals surface area (Å²) < 4.78 is 17.5. The maximum absolute atomic E-state index is 12.7. The fourth-order valence-corrected chi connectivity index (χ4v) is 0.888. The zero-order valence-electron chi connectivity index (χ0n) is 5.10. The molecule has 2 aromatic rings. The van der Waals surface area contributed by atoms with Gasteiger partial charge >= 0.3 is 0 Å². The SMILES string of the molecule is Fc1cc[c]c2ccoc12. The zero-order chi connectivity index (χ0) is 6.97. The van der Waals surface area contributed by atoms with E-state index in [2.05, 4.69) is 6.07 Å². The molecule has 0 saturated carbocycles. The molecule has 0 atom stereocenters. The summed E-state index contributed by atoms with van der Waals surface area (Å²) in [5.74, 6) is -0.334. The van der Waals surface area contributed by atoms with Gasteiger partial charge in [-0.15, -0.1) is 0 Å². The van der Waals surface area contributed by atoms with Crippen LogP contribution in [0.15, 0.2) is 28.9 Å². The normalized spacial score (nSPS) is 10.5. The van der Waals surface area contributed by atoms with E-state index in [1.54, 1.807) is 6.07 Å². The molecule has 1 aromatic carbocycles. The molecule has 0 N–H and O–H groups in total. The molecular formula is C8H4FO. The largest absolute Gasteiger partial charge is 0.461 e. The van der Waals surface area contributed by atoms with Crippen LogP contribution in [-0.2, 0) is 0 Å². The van der Waals surface area contributed by atoms with Gasteiger partial charge in [-0.05, 0) is 18.2 Å². The Morgan fingerprint density at radius 3 is 3.10 bits per heavy atom. The number of hydrogen-bond acceptors (Lipinski definition) is 1. The molecule has 10 heavy (non-hydrogen) atoms. The Kier molecular flexibility index (Phi) is 1.01. The summed E-state index contributed by atoms with van der Waals surface area (Å²) in [6.07, 6.45) is 1.45. The Balaban J connectivity index is 2.95. The molecule has 2 rings (SSSR count). The second-order valence-corrected chi connectivity index (χ2v) is 1.99. The van der Waals surface area contributed by atoms with E-state index in [-0.39, 0.29) is 11.4 Å². The van der Waals surface area contributed by atoms with Crippen LogP contribution in [0.3, 0.4) is 0 Å². The van der Waals surface area contributed by atoms with Crippen molar-refractivity contribution in [3.63, 3.8) is 0 Å². The van der Waals surface area contributed by atoms with Gasteiger partial charge in [0.2, 0.25) is 0 Å². The summed E-state index contributed by atoms with van der Waals surface area (Å²) >= 11 is 0. The highest BCUT2D eigenvalue weighted by Crippen LogP contribution is 2.16. The van der Waals surface area contributed by atoms with E-state index in [9.17, 15) is 4.39 Å². The third-order valence-corrected chi connectivity index (χ3v) is 1.35. The first-order chi connectivity index (χ1) is 4.88. The summed E-state index contributed by atoms with van der Waals surface area (Å²) in [5.41, 5.74) is 0.280. The lowest BCUT2D eigenvalue weighted by Gasteiger charge is -1.86. The van der Waals surface area contributed by atoms with E-state index in [1.807, 2.05) is 0 Å². The van der Waals surface area contributed by atoms with Crippen molar-refractivity contribution in [1.29, 1.82) is 0 Å². The van der Waals surface area contributed by atoms with Crippen LogP contribution < -0.4 is 0 Å². The Labute approximate surface area is 57.1 Å².